The van der Waals surface area contributed by atoms with Crippen LogP contribution in [-0.4, -0.2) is 14.5 Å². The van der Waals surface area contributed by atoms with E-state index in [-0.39, 0.29) is 0 Å². The van der Waals surface area contributed by atoms with E-state index in [0.717, 1.165) is 37.9 Å². The predicted molar refractivity (Wildman–Crippen MR) is 211 cm³/mol. The van der Waals surface area contributed by atoms with Gasteiger partial charge in [-0.15, -0.1) is 22.7 Å². The Labute approximate surface area is 289 Å². The van der Waals surface area contributed by atoms with E-state index < -0.39 is 0 Å². The maximum atomic E-state index is 5.54. The summed E-state index contributed by atoms with van der Waals surface area (Å²) in [5.74, 6) is 0.688. The smallest absolute Gasteiger partial charge is 0.235 e. The summed E-state index contributed by atoms with van der Waals surface area (Å²) in [6.07, 6.45) is 0. The van der Waals surface area contributed by atoms with Gasteiger partial charge in [-0.05, 0) is 40.8 Å². The van der Waals surface area contributed by atoms with Crippen molar-refractivity contribution in [3.63, 3.8) is 0 Å². The first-order valence-corrected chi connectivity index (χ1v) is 18.1. The molecule has 3 nitrogen and oxygen atoms in total. The average molecular weight is 660 g/mol. The van der Waals surface area contributed by atoms with Gasteiger partial charge in [0.2, 0.25) is 5.95 Å². The summed E-state index contributed by atoms with van der Waals surface area (Å²) >= 11 is 3.65. The summed E-state index contributed by atoms with van der Waals surface area (Å²) in [6.45, 7) is 0. The molecule has 0 amide bonds. The van der Waals surface area contributed by atoms with E-state index in [1.54, 1.807) is 11.3 Å². The highest BCUT2D eigenvalue weighted by molar-refractivity contribution is 7.27. The molecular formula is C44H25N3S2. The highest BCUT2D eigenvalue weighted by Crippen LogP contribution is 2.48. The van der Waals surface area contributed by atoms with E-state index in [1.807, 2.05) is 11.3 Å². The SMILES string of the molecule is c1ccc(-c2cccc(-c3nc(-n4c5ccccc5c5c6sc7ccccc7c6c6ccccc6c54)nc4c3sc3ccccc34)c2)cc1. The molecule has 0 N–H and O–H groups in total. The monoisotopic (exact) mass is 659 g/mol. The van der Waals surface area contributed by atoms with Crippen LogP contribution in [0.25, 0.3) is 101 Å². The molecular weight excluding hydrogens is 635 g/mol. The number of hydrogen-bond donors (Lipinski definition) is 0. The predicted octanol–water partition coefficient (Wildman–Crippen LogP) is 12.8. The fraction of sp³-hybridized carbons (Fsp3) is 0. The summed E-state index contributed by atoms with van der Waals surface area (Å²) < 4.78 is 7.25. The first-order valence-electron chi connectivity index (χ1n) is 16.4. The molecule has 0 aliphatic heterocycles. The van der Waals surface area contributed by atoms with Gasteiger partial charge in [0.05, 0.1) is 26.9 Å². The van der Waals surface area contributed by atoms with Crippen LogP contribution < -0.4 is 0 Å². The first kappa shape index (κ1) is 27.1. The zero-order valence-electron chi connectivity index (χ0n) is 26.1. The van der Waals surface area contributed by atoms with Crippen LogP contribution in [0.2, 0.25) is 0 Å². The number of aromatic nitrogens is 3. The van der Waals surface area contributed by atoms with Crippen molar-refractivity contribution in [1.29, 1.82) is 0 Å². The third-order valence-electron chi connectivity index (χ3n) is 9.80. The summed E-state index contributed by atoms with van der Waals surface area (Å²) in [7, 11) is 0. The van der Waals surface area contributed by atoms with Gasteiger partial charge in [0.1, 0.15) is 0 Å². The summed E-state index contributed by atoms with van der Waals surface area (Å²) in [5.41, 5.74) is 7.64. The Balaban J connectivity index is 1.31. The highest BCUT2D eigenvalue weighted by atomic mass is 32.1. The van der Waals surface area contributed by atoms with Crippen LogP contribution in [0.4, 0.5) is 0 Å². The van der Waals surface area contributed by atoms with Crippen LogP contribution in [0.1, 0.15) is 0 Å². The standard InChI is InChI=1S/C44H25N3S2/c1-2-13-26(14-3-1)27-15-12-16-28(25-27)39-43-40(33-21-8-11-24-36(33)49-43)46-44(45-39)47-34-22-9-6-19-31(34)38-41(47)30-18-5-4-17-29(30)37-32-20-7-10-23-35(32)48-42(37)38/h1-25H. The Bertz CT molecular complexity index is 3110. The zero-order valence-corrected chi connectivity index (χ0v) is 27.7. The van der Waals surface area contributed by atoms with Crippen molar-refractivity contribution in [1.82, 2.24) is 14.5 Å². The Morgan fingerprint density at radius 3 is 1.88 bits per heavy atom. The van der Waals surface area contributed by atoms with Crippen LogP contribution in [0.5, 0.6) is 0 Å². The molecule has 5 heteroatoms. The molecule has 0 bridgehead atoms. The number of benzene rings is 7. The van der Waals surface area contributed by atoms with Gasteiger partial charge >= 0.3 is 0 Å². The van der Waals surface area contributed by atoms with E-state index >= 15 is 0 Å². The third kappa shape index (κ3) is 3.88. The topological polar surface area (TPSA) is 30.7 Å². The van der Waals surface area contributed by atoms with E-state index in [0.29, 0.717) is 5.95 Å². The van der Waals surface area contributed by atoms with E-state index in [2.05, 4.69) is 156 Å². The normalized spacial score (nSPS) is 12.1. The summed E-state index contributed by atoms with van der Waals surface area (Å²) in [5, 5.41) is 8.72. The van der Waals surface area contributed by atoms with Crippen LogP contribution in [0, 0.1) is 0 Å². The number of hydrogen-bond acceptors (Lipinski definition) is 4. The molecule has 7 aromatic carbocycles. The molecule has 0 unspecified atom stereocenters. The summed E-state index contributed by atoms with van der Waals surface area (Å²) in [6, 6.07) is 54.4. The molecule has 0 fully saturated rings. The largest absolute Gasteiger partial charge is 0.277 e. The van der Waals surface area contributed by atoms with Gasteiger partial charge in [-0.2, -0.15) is 0 Å². The second kappa shape index (κ2) is 10.3. The molecule has 228 valence electrons. The van der Waals surface area contributed by atoms with E-state index in [1.165, 1.54) is 57.5 Å². The molecule has 4 heterocycles. The molecule has 0 aliphatic rings. The number of fused-ring (bicyclic) bond motifs is 13. The fourth-order valence-electron chi connectivity index (χ4n) is 7.68. The summed E-state index contributed by atoms with van der Waals surface area (Å²) in [4.78, 5) is 11.0. The molecule has 0 saturated heterocycles. The molecule has 49 heavy (non-hydrogen) atoms. The van der Waals surface area contributed by atoms with E-state index in [9.17, 15) is 0 Å². The van der Waals surface area contributed by atoms with Gasteiger partial charge in [0, 0.05) is 52.0 Å². The lowest BCUT2D eigenvalue weighted by molar-refractivity contribution is 1.02. The number of thiophene rings is 2. The molecule has 11 aromatic rings. The molecule has 0 saturated carbocycles. The van der Waals surface area contributed by atoms with Crippen LogP contribution in [0.3, 0.4) is 0 Å². The first-order chi connectivity index (χ1) is 24.3. The molecule has 4 aromatic heterocycles. The molecule has 0 radical (unpaired) electrons. The molecule has 11 rings (SSSR count). The lowest BCUT2D eigenvalue weighted by Gasteiger charge is -2.12. The van der Waals surface area contributed by atoms with Gasteiger partial charge in [-0.1, -0.05) is 127 Å². The lowest BCUT2D eigenvalue weighted by Crippen LogP contribution is -2.03. The van der Waals surface area contributed by atoms with Crippen LogP contribution in [-0.2, 0) is 0 Å². The average Bonchev–Trinajstić information content (AvgIpc) is 3.85. The van der Waals surface area contributed by atoms with Crippen molar-refractivity contribution in [2.75, 3.05) is 0 Å². The Morgan fingerprint density at radius 2 is 1.04 bits per heavy atom. The quantitative estimate of drug-likeness (QED) is 0.189. The van der Waals surface area contributed by atoms with Crippen LogP contribution in [0.15, 0.2) is 152 Å². The van der Waals surface area contributed by atoms with Crippen molar-refractivity contribution >= 4 is 95.7 Å². The minimum absolute atomic E-state index is 0.688. The second-order valence-corrected chi connectivity index (χ2v) is 14.6. The molecule has 0 aliphatic carbocycles. The second-order valence-electron chi connectivity index (χ2n) is 12.5. The maximum Gasteiger partial charge on any atom is 0.235 e. The Morgan fingerprint density at radius 1 is 0.429 bits per heavy atom. The third-order valence-corrected chi connectivity index (χ3v) is 12.2. The lowest BCUT2D eigenvalue weighted by atomic mass is 10.00. The van der Waals surface area contributed by atoms with Gasteiger partial charge in [0.15, 0.2) is 0 Å². The number of nitrogens with zero attached hydrogens (tertiary/aromatic N) is 3. The number of para-hydroxylation sites is 1. The minimum atomic E-state index is 0.688. The van der Waals surface area contributed by atoms with Crippen molar-refractivity contribution < 1.29 is 0 Å². The van der Waals surface area contributed by atoms with Crippen LogP contribution >= 0.6 is 22.7 Å². The Hall–Kier alpha value is -5.88. The van der Waals surface area contributed by atoms with Gasteiger partial charge in [-0.25, -0.2) is 9.97 Å². The molecule has 0 spiro atoms. The molecule has 0 atom stereocenters. The zero-order chi connectivity index (χ0) is 32.1. The number of rotatable bonds is 3. The Kier molecular flexibility index (Phi) is 5.70. The van der Waals surface area contributed by atoms with Crippen molar-refractivity contribution in [2.24, 2.45) is 0 Å². The van der Waals surface area contributed by atoms with Gasteiger partial charge in [0.25, 0.3) is 0 Å². The van der Waals surface area contributed by atoms with Crippen molar-refractivity contribution in [2.45, 2.75) is 0 Å². The van der Waals surface area contributed by atoms with E-state index in [4.69, 9.17) is 9.97 Å². The van der Waals surface area contributed by atoms with Gasteiger partial charge in [-0.3, -0.25) is 4.57 Å². The van der Waals surface area contributed by atoms with Crippen molar-refractivity contribution in [3.8, 4) is 28.3 Å². The fourth-order valence-corrected chi connectivity index (χ4v) is 10.1. The maximum absolute atomic E-state index is 5.54. The van der Waals surface area contributed by atoms with Gasteiger partial charge < -0.3 is 0 Å². The van der Waals surface area contributed by atoms with Crippen molar-refractivity contribution in [3.05, 3.63) is 152 Å². The highest BCUT2D eigenvalue weighted by Gasteiger charge is 2.24. The minimum Gasteiger partial charge on any atom is -0.277 e.